The standard InChI is InChI=1S/C11H12F3NO4S2/c1-20-3-2-9(11(16)17)15-21(18,19)10-7(13)4-6(12)5-8(10)14/h4-5,9,15H,2-3H2,1H3,(H,16,17)/t9-/m0/s1. The Morgan fingerprint density at radius 3 is 2.29 bits per heavy atom. The summed E-state index contributed by atoms with van der Waals surface area (Å²) in [4.78, 5) is 9.55. The molecule has 0 unspecified atom stereocenters. The molecule has 1 rings (SSSR count). The third-order valence-corrected chi connectivity index (χ3v) is 4.60. The number of hydrogen-bond donors (Lipinski definition) is 2. The van der Waals surface area contributed by atoms with Gasteiger partial charge in [0.15, 0.2) is 4.90 Å². The lowest BCUT2D eigenvalue weighted by Gasteiger charge is -2.15. The van der Waals surface area contributed by atoms with Crippen LogP contribution in [0, 0.1) is 17.5 Å². The number of carboxylic acid groups (broad SMARTS) is 1. The molecule has 5 nitrogen and oxygen atoms in total. The van der Waals surface area contributed by atoms with Crippen LogP contribution in [0.3, 0.4) is 0 Å². The van der Waals surface area contributed by atoms with Crippen LogP contribution in [0.2, 0.25) is 0 Å². The van der Waals surface area contributed by atoms with E-state index in [1.54, 1.807) is 11.0 Å². The molecule has 1 atom stereocenters. The fraction of sp³-hybridized carbons (Fsp3) is 0.364. The molecule has 21 heavy (non-hydrogen) atoms. The van der Waals surface area contributed by atoms with Crippen LogP contribution in [0.5, 0.6) is 0 Å². The van der Waals surface area contributed by atoms with Gasteiger partial charge in [-0.2, -0.15) is 16.5 Å². The molecule has 0 heterocycles. The van der Waals surface area contributed by atoms with E-state index in [0.29, 0.717) is 5.75 Å². The van der Waals surface area contributed by atoms with Crippen molar-refractivity contribution in [1.29, 1.82) is 0 Å². The van der Waals surface area contributed by atoms with Gasteiger partial charge in [-0.05, 0) is 18.4 Å². The van der Waals surface area contributed by atoms with E-state index in [1.807, 2.05) is 0 Å². The van der Waals surface area contributed by atoms with Crippen molar-refractivity contribution in [2.75, 3.05) is 12.0 Å². The highest BCUT2D eigenvalue weighted by atomic mass is 32.2. The molecule has 0 aliphatic carbocycles. The van der Waals surface area contributed by atoms with Gasteiger partial charge >= 0.3 is 5.97 Å². The summed E-state index contributed by atoms with van der Waals surface area (Å²) in [7, 11) is -4.77. The number of halogens is 3. The lowest BCUT2D eigenvalue weighted by Crippen LogP contribution is -2.41. The van der Waals surface area contributed by atoms with E-state index in [4.69, 9.17) is 5.11 Å². The zero-order chi connectivity index (χ0) is 16.2. The molecule has 1 aromatic rings. The van der Waals surface area contributed by atoms with Gasteiger partial charge in [-0.3, -0.25) is 4.79 Å². The summed E-state index contributed by atoms with van der Waals surface area (Å²) >= 11 is 1.28. The number of carbonyl (C=O) groups is 1. The van der Waals surface area contributed by atoms with Gasteiger partial charge < -0.3 is 5.11 Å². The summed E-state index contributed by atoms with van der Waals surface area (Å²) < 4.78 is 65.1. The third kappa shape index (κ3) is 4.61. The zero-order valence-electron chi connectivity index (χ0n) is 10.8. The second-order valence-corrected chi connectivity index (χ2v) is 6.63. The van der Waals surface area contributed by atoms with Gasteiger partial charge in [0.1, 0.15) is 23.5 Å². The molecular formula is C11H12F3NO4S2. The van der Waals surface area contributed by atoms with Crippen LogP contribution in [-0.2, 0) is 14.8 Å². The molecule has 10 heteroatoms. The van der Waals surface area contributed by atoms with E-state index < -0.39 is 44.4 Å². The summed E-state index contributed by atoms with van der Waals surface area (Å²) in [5.41, 5.74) is 0. The lowest BCUT2D eigenvalue weighted by atomic mass is 10.2. The first-order valence-corrected chi connectivity index (χ1v) is 8.45. The number of rotatable bonds is 7. The van der Waals surface area contributed by atoms with E-state index >= 15 is 0 Å². The number of benzene rings is 1. The largest absolute Gasteiger partial charge is 0.480 e. The van der Waals surface area contributed by atoms with Gasteiger partial charge in [0, 0.05) is 12.1 Å². The van der Waals surface area contributed by atoms with Gasteiger partial charge in [-0.25, -0.2) is 21.6 Å². The SMILES string of the molecule is CSCC[C@H](NS(=O)(=O)c1c(F)cc(F)cc1F)C(=O)O. The van der Waals surface area contributed by atoms with Crippen LogP contribution in [0.1, 0.15) is 6.42 Å². The molecule has 118 valence electrons. The van der Waals surface area contributed by atoms with Crippen molar-refractivity contribution in [3.05, 3.63) is 29.6 Å². The maximum Gasteiger partial charge on any atom is 0.321 e. The molecule has 0 spiro atoms. The van der Waals surface area contributed by atoms with Gasteiger partial charge in [0.05, 0.1) is 0 Å². The average Bonchev–Trinajstić information content (AvgIpc) is 2.32. The van der Waals surface area contributed by atoms with Crippen molar-refractivity contribution < 1.29 is 31.5 Å². The second kappa shape index (κ2) is 7.14. The first-order valence-electron chi connectivity index (χ1n) is 5.57. The smallest absolute Gasteiger partial charge is 0.321 e. The molecule has 0 aliphatic heterocycles. The van der Waals surface area contributed by atoms with Crippen LogP contribution in [-0.4, -0.2) is 37.5 Å². The Morgan fingerprint density at radius 1 is 1.33 bits per heavy atom. The number of carboxylic acids is 1. The van der Waals surface area contributed by atoms with Gasteiger partial charge in [0.25, 0.3) is 0 Å². The minimum atomic E-state index is -4.77. The molecule has 0 bridgehead atoms. The predicted molar refractivity (Wildman–Crippen MR) is 71.1 cm³/mol. The summed E-state index contributed by atoms with van der Waals surface area (Å²) in [5.74, 6) is -5.69. The van der Waals surface area contributed by atoms with Crippen molar-refractivity contribution in [3.63, 3.8) is 0 Å². The molecule has 0 saturated carbocycles. The van der Waals surface area contributed by atoms with Crippen molar-refractivity contribution >= 4 is 27.8 Å². The van der Waals surface area contributed by atoms with E-state index in [-0.39, 0.29) is 18.6 Å². The maximum absolute atomic E-state index is 13.5. The molecule has 0 fully saturated rings. The summed E-state index contributed by atoms with van der Waals surface area (Å²) in [6, 6.07) is -1.13. The highest BCUT2D eigenvalue weighted by molar-refractivity contribution is 7.98. The number of hydrogen-bond acceptors (Lipinski definition) is 4. The lowest BCUT2D eigenvalue weighted by molar-refractivity contribution is -0.139. The molecule has 1 aromatic carbocycles. The van der Waals surface area contributed by atoms with Crippen LogP contribution >= 0.6 is 11.8 Å². The topological polar surface area (TPSA) is 83.5 Å². The van der Waals surface area contributed by atoms with Crippen molar-refractivity contribution in [2.45, 2.75) is 17.4 Å². The van der Waals surface area contributed by atoms with Gasteiger partial charge in [0.2, 0.25) is 10.0 Å². The van der Waals surface area contributed by atoms with Crippen LogP contribution in [0.25, 0.3) is 0 Å². The number of aliphatic carboxylic acids is 1. The molecule has 0 saturated heterocycles. The zero-order valence-corrected chi connectivity index (χ0v) is 12.4. The normalized spacial score (nSPS) is 13.1. The molecule has 2 N–H and O–H groups in total. The van der Waals surface area contributed by atoms with E-state index in [1.165, 1.54) is 11.8 Å². The molecule has 0 radical (unpaired) electrons. The van der Waals surface area contributed by atoms with Crippen LogP contribution in [0.15, 0.2) is 17.0 Å². The Kier molecular flexibility index (Phi) is 6.05. The number of thioether (sulfide) groups is 1. The van der Waals surface area contributed by atoms with E-state index in [2.05, 4.69) is 0 Å². The third-order valence-electron chi connectivity index (χ3n) is 2.44. The average molecular weight is 343 g/mol. The van der Waals surface area contributed by atoms with Crippen molar-refractivity contribution in [1.82, 2.24) is 4.72 Å². The van der Waals surface area contributed by atoms with Crippen molar-refractivity contribution in [2.24, 2.45) is 0 Å². The summed E-state index contributed by atoms with van der Waals surface area (Å²) in [6.45, 7) is 0. The first kappa shape index (κ1) is 17.8. The first-order chi connectivity index (χ1) is 9.69. The Morgan fingerprint density at radius 2 is 1.86 bits per heavy atom. The van der Waals surface area contributed by atoms with Gasteiger partial charge in [-0.1, -0.05) is 0 Å². The highest BCUT2D eigenvalue weighted by Gasteiger charge is 2.30. The molecule has 0 aromatic heterocycles. The Hall–Kier alpha value is -1.26. The Labute approximate surface area is 123 Å². The highest BCUT2D eigenvalue weighted by Crippen LogP contribution is 2.20. The minimum absolute atomic E-state index is 0.0693. The monoisotopic (exact) mass is 343 g/mol. The predicted octanol–water partition coefficient (Wildman–Crippen LogP) is 1.59. The fourth-order valence-corrected chi connectivity index (χ4v) is 3.31. The Bertz CT molecular complexity index is 613. The van der Waals surface area contributed by atoms with Crippen LogP contribution in [0.4, 0.5) is 13.2 Å². The molecule has 0 aliphatic rings. The number of nitrogens with one attached hydrogen (secondary N) is 1. The fourth-order valence-electron chi connectivity index (χ4n) is 1.50. The number of sulfonamides is 1. The molecular weight excluding hydrogens is 331 g/mol. The minimum Gasteiger partial charge on any atom is -0.480 e. The van der Waals surface area contributed by atoms with E-state index in [0.717, 1.165) is 0 Å². The van der Waals surface area contributed by atoms with Gasteiger partial charge in [-0.15, -0.1) is 0 Å². The van der Waals surface area contributed by atoms with Crippen molar-refractivity contribution in [3.8, 4) is 0 Å². The summed E-state index contributed by atoms with van der Waals surface area (Å²) in [6.07, 6.45) is 1.62. The quantitative estimate of drug-likeness (QED) is 0.785. The second-order valence-electron chi connectivity index (χ2n) is 3.99. The van der Waals surface area contributed by atoms with E-state index in [9.17, 15) is 26.4 Å². The molecule has 0 amide bonds. The summed E-state index contributed by atoms with van der Waals surface area (Å²) in [5, 5.41) is 8.91. The van der Waals surface area contributed by atoms with Crippen LogP contribution < -0.4 is 4.72 Å². The maximum atomic E-state index is 13.5. The Balaban J connectivity index is 3.14.